The van der Waals surface area contributed by atoms with Gasteiger partial charge in [0.15, 0.2) is 0 Å². The van der Waals surface area contributed by atoms with Gasteiger partial charge in [0.25, 0.3) is 0 Å². The average Bonchev–Trinajstić information content (AvgIpc) is 2.94. The molecule has 0 atom stereocenters. The van der Waals surface area contributed by atoms with Crippen LogP contribution in [-0.4, -0.2) is 13.2 Å². The first-order chi connectivity index (χ1) is 9.38. The van der Waals surface area contributed by atoms with Crippen molar-refractivity contribution in [3.8, 4) is 16.9 Å². The van der Waals surface area contributed by atoms with Gasteiger partial charge in [0.1, 0.15) is 5.75 Å². The van der Waals surface area contributed by atoms with Crippen LogP contribution in [0.4, 0.5) is 5.69 Å². The zero-order valence-electron chi connectivity index (χ0n) is 11.3. The summed E-state index contributed by atoms with van der Waals surface area (Å²) in [6.45, 7) is 3.95. The second-order valence-corrected chi connectivity index (χ2v) is 4.88. The number of anilines is 1. The first-order valence-electron chi connectivity index (χ1n) is 6.97. The van der Waals surface area contributed by atoms with Gasteiger partial charge in [-0.3, -0.25) is 0 Å². The molecule has 0 bridgehead atoms. The van der Waals surface area contributed by atoms with Crippen molar-refractivity contribution in [3.05, 3.63) is 48.0 Å². The van der Waals surface area contributed by atoms with E-state index in [1.807, 2.05) is 0 Å². The van der Waals surface area contributed by atoms with Gasteiger partial charge in [0.05, 0.1) is 6.61 Å². The maximum absolute atomic E-state index is 5.63. The lowest BCUT2D eigenvalue weighted by Gasteiger charge is -2.09. The molecule has 2 aromatic carbocycles. The van der Waals surface area contributed by atoms with E-state index in [-0.39, 0.29) is 0 Å². The van der Waals surface area contributed by atoms with Gasteiger partial charge in [-0.05, 0) is 47.7 Å². The Morgan fingerprint density at radius 2 is 1.95 bits per heavy atom. The molecule has 2 heteroatoms. The van der Waals surface area contributed by atoms with E-state index in [9.17, 15) is 0 Å². The van der Waals surface area contributed by atoms with Crippen LogP contribution < -0.4 is 10.1 Å². The highest BCUT2D eigenvalue weighted by atomic mass is 16.5. The van der Waals surface area contributed by atoms with Crippen molar-refractivity contribution in [1.82, 2.24) is 0 Å². The second-order valence-electron chi connectivity index (χ2n) is 4.88. The zero-order valence-corrected chi connectivity index (χ0v) is 11.3. The summed E-state index contributed by atoms with van der Waals surface area (Å²) in [5.41, 5.74) is 5.32. The van der Waals surface area contributed by atoms with E-state index in [0.29, 0.717) is 0 Å². The molecule has 1 N–H and O–H groups in total. The molecule has 2 nitrogen and oxygen atoms in total. The van der Waals surface area contributed by atoms with Crippen LogP contribution in [0.1, 0.15) is 18.9 Å². The van der Waals surface area contributed by atoms with Crippen LogP contribution in [-0.2, 0) is 6.42 Å². The molecule has 1 aliphatic rings. The molecule has 0 spiro atoms. The van der Waals surface area contributed by atoms with Crippen molar-refractivity contribution in [2.75, 3.05) is 18.5 Å². The summed E-state index contributed by atoms with van der Waals surface area (Å²) in [5, 5.41) is 3.42. The summed E-state index contributed by atoms with van der Waals surface area (Å²) in [6.07, 6.45) is 2.15. The molecule has 0 fully saturated rings. The molecule has 0 aromatic heterocycles. The lowest BCUT2D eigenvalue weighted by molar-refractivity contribution is 0.317. The number of ether oxygens (including phenoxy) is 1. The Labute approximate surface area is 114 Å². The predicted molar refractivity (Wildman–Crippen MR) is 79.9 cm³/mol. The molecular formula is C17H19NO. The Morgan fingerprint density at radius 1 is 1.11 bits per heavy atom. The molecule has 98 valence electrons. The fourth-order valence-electron chi connectivity index (χ4n) is 2.57. The molecule has 0 unspecified atom stereocenters. The normalized spacial score (nSPS) is 12.9. The van der Waals surface area contributed by atoms with E-state index in [2.05, 4.69) is 54.7 Å². The third kappa shape index (κ3) is 2.43. The highest BCUT2D eigenvalue weighted by Gasteiger charge is 2.14. The van der Waals surface area contributed by atoms with E-state index < -0.39 is 0 Å². The molecule has 2 aromatic rings. The maximum atomic E-state index is 5.63. The lowest BCUT2D eigenvalue weighted by Crippen LogP contribution is -1.94. The number of fused-ring (bicyclic) bond motifs is 1. The van der Waals surface area contributed by atoms with Gasteiger partial charge in [-0.15, -0.1) is 0 Å². The molecule has 0 saturated carbocycles. The van der Waals surface area contributed by atoms with Gasteiger partial charge < -0.3 is 10.1 Å². The molecule has 0 aliphatic carbocycles. The van der Waals surface area contributed by atoms with Crippen LogP contribution in [0.25, 0.3) is 11.1 Å². The Bertz CT molecular complexity index is 560. The minimum atomic E-state index is 0.782. The van der Waals surface area contributed by atoms with E-state index in [1.165, 1.54) is 22.4 Å². The quantitative estimate of drug-likeness (QED) is 0.885. The Hall–Kier alpha value is -1.96. The number of rotatable bonds is 4. The van der Waals surface area contributed by atoms with Gasteiger partial charge in [-0.2, -0.15) is 0 Å². The van der Waals surface area contributed by atoms with E-state index in [1.54, 1.807) is 0 Å². The summed E-state index contributed by atoms with van der Waals surface area (Å²) < 4.78 is 5.63. The van der Waals surface area contributed by atoms with E-state index >= 15 is 0 Å². The van der Waals surface area contributed by atoms with Gasteiger partial charge in [0.2, 0.25) is 0 Å². The molecular weight excluding hydrogens is 234 g/mol. The largest absolute Gasteiger partial charge is 0.494 e. The number of nitrogens with one attached hydrogen (secondary N) is 1. The fraction of sp³-hybridized carbons (Fsp3) is 0.294. The molecule has 1 aliphatic heterocycles. The maximum Gasteiger partial charge on any atom is 0.119 e. The zero-order chi connectivity index (χ0) is 13.1. The predicted octanol–water partition coefficient (Wildman–Crippen LogP) is 4.11. The number of benzene rings is 2. The first-order valence-corrected chi connectivity index (χ1v) is 6.97. The van der Waals surface area contributed by atoms with E-state index in [4.69, 9.17) is 4.74 Å². The molecule has 3 rings (SSSR count). The van der Waals surface area contributed by atoms with Crippen molar-refractivity contribution >= 4 is 5.69 Å². The molecule has 1 heterocycles. The fourth-order valence-corrected chi connectivity index (χ4v) is 2.57. The average molecular weight is 253 g/mol. The lowest BCUT2D eigenvalue weighted by atomic mass is 9.98. The van der Waals surface area contributed by atoms with Crippen LogP contribution in [0.15, 0.2) is 42.5 Å². The topological polar surface area (TPSA) is 21.3 Å². The highest BCUT2D eigenvalue weighted by molar-refractivity contribution is 5.76. The van der Waals surface area contributed by atoms with E-state index in [0.717, 1.165) is 31.7 Å². The minimum Gasteiger partial charge on any atom is -0.494 e. The second kappa shape index (κ2) is 5.35. The number of hydrogen-bond acceptors (Lipinski definition) is 2. The third-order valence-electron chi connectivity index (χ3n) is 3.50. The smallest absolute Gasteiger partial charge is 0.119 e. The third-order valence-corrected chi connectivity index (χ3v) is 3.50. The van der Waals surface area contributed by atoms with Crippen LogP contribution in [0, 0.1) is 0 Å². The first kappa shape index (κ1) is 12.1. The molecule has 19 heavy (non-hydrogen) atoms. The SMILES string of the molecule is CCCOc1ccc(-c2cccc3c2CCN3)cc1. The van der Waals surface area contributed by atoms with Gasteiger partial charge in [-0.25, -0.2) is 0 Å². The summed E-state index contributed by atoms with van der Waals surface area (Å²) in [5.74, 6) is 0.955. The van der Waals surface area contributed by atoms with Crippen LogP contribution >= 0.6 is 0 Å². The van der Waals surface area contributed by atoms with Crippen molar-refractivity contribution in [2.24, 2.45) is 0 Å². The molecule has 0 amide bonds. The Balaban J connectivity index is 1.88. The standard InChI is InChI=1S/C17H19NO/c1-2-12-19-14-8-6-13(7-9-14)15-4-3-5-17-16(15)10-11-18-17/h3-9,18H,2,10-12H2,1H3. The number of hydrogen-bond donors (Lipinski definition) is 1. The van der Waals surface area contributed by atoms with Crippen molar-refractivity contribution < 1.29 is 4.74 Å². The monoisotopic (exact) mass is 253 g/mol. The molecule has 0 radical (unpaired) electrons. The summed E-state index contributed by atoms with van der Waals surface area (Å²) in [4.78, 5) is 0. The van der Waals surface area contributed by atoms with Crippen LogP contribution in [0.3, 0.4) is 0 Å². The van der Waals surface area contributed by atoms with Crippen molar-refractivity contribution in [3.63, 3.8) is 0 Å². The summed E-state index contributed by atoms with van der Waals surface area (Å²) in [7, 11) is 0. The van der Waals surface area contributed by atoms with Crippen molar-refractivity contribution in [2.45, 2.75) is 19.8 Å². The highest BCUT2D eigenvalue weighted by Crippen LogP contribution is 2.33. The van der Waals surface area contributed by atoms with Gasteiger partial charge in [0, 0.05) is 12.2 Å². The Morgan fingerprint density at radius 3 is 2.74 bits per heavy atom. The van der Waals surface area contributed by atoms with Gasteiger partial charge in [-0.1, -0.05) is 31.2 Å². The van der Waals surface area contributed by atoms with Gasteiger partial charge >= 0.3 is 0 Å². The van der Waals surface area contributed by atoms with Crippen LogP contribution in [0.2, 0.25) is 0 Å². The Kier molecular flexibility index (Phi) is 3.41. The van der Waals surface area contributed by atoms with Crippen molar-refractivity contribution in [1.29, 1.82) is 0 Å². The van der Waals surface area contributed by atoms with Crippen LogP contribution in [0.5, 0.6) is 5.75 Å². The minimum absolute atomic E-state index is 0.782. The molecule has 0 saturated heterocycles. The summed E-state index contributed by atoms with van der Waals surface area (Å²) in [6, 6.07) is 14.9. The summed E-state index contributed by atoms with van der Waals surface area (Å²) >= 11 is 0.